The number of aryl methyl sites for hydroxylation is 1. The second-order valence-electron chi connectivity index (χ2n) is 8.81. The molecule has 33 heavy (non-hydrogen) atoms. The summed E-state index contributed by atoms with van der Waals surface area (Å²) in [6.07, 6.45) is 4.18. The van der Waals surface area contributed by atoms with Gasteiger partial charge in [-0.1, -0.05) is 19.1 Å². The van der Waals surface area contributed by atoms with Gasteiger partial charge in [-0.05, 0) is 61.5 Å². The predicted molar refractivity (Wildman–Crippen MR) is 135 cm³/mol. The van der Waals surface area contributed by atoms with Gasteiger partial charge in [0, 0.05) is 38.8 Å². The number of halogens is 1. The maximum atomic E-state index is 13.0. The molecule has 7 nitrogen and oxygen atoms in total. The van der Waals surface area contributed by atoms with Crippen LogP contribution in [0.4, 0.5) is 22.0 Å². The van der Waals surface area contributed by atoms with Crippen LogP contribution in [0.15, 0.2) is 30.3 Å². The fourth-order valence-corrected chi connectivity index (χ4v) is 4.48. The van der Waals surface area contributed by atoms with E-state index in [4.69, 9.17) is 26.9 Å². The molecular formula is C24H33FN6OS. The fourth-order valence-electron chi connectivity index (χ4n) is 4.28. The Morgan fingerprint density at radius 2 is 1.85 bits per heavy atom. The van der Waals surface area contributed by atoms with Crippen LogP contribution in [0, 0.1) is 11.7 Å². The average Bonchev–Trinajstić information content (AvgIpc) is 2.83. The van der Waals surface area contributed by atoms with E-state index in [0.717, 1.165) is 56.2 Å². The van der Waals surface area contributed by atoms with Gasteiger partial charge >= 0.3 is 0 Å². The lowest BCUT2D eigenvalue weighted by molar-refractivity contribution is 0.122. The molecule has 2 fully saturated rings. The Kier molecular flexibility index (Phi) is 8.28. The number of nitrogens with zero attached hydrogens (tertiary/aromatic N) is 4. The molecule has 1 unspecified atom stereocenters. The standard InChI is InChI=1S/C24H33FN6OS/c1-18-4-3-11-31(17-18)22-16-21(30-12-14-32-15-13-30)27-23(28-22)29-24(33)26-10-2-5-19-6-8-20(25)9-7-19/h6-9,16,18H,2-5,10-15,17H2,1H3,(H2,26,27,28,29,33). The first-order valence-corrected chi connectivity index (χ1v) is 12.2. The van der Waals surface area contributed by atoms with Gasteiger partial charge in [0.15, 0.2) is 5.11 Å². The number of aromatic nitrogens is 2. The van der Waals surface area contributed by atoms with E-state index in [0.29, 0.717) is 36.7 Å². The van der Waals surface area contributed by atoms with Crippen molar-refractivity contribution in [3.8, 4) is 0 Å². The second kappa shape index (κ2) is 11.6. The monoisotopic (exact) mass is 472 g/mol. The van der Waals surface area contributed by atoms with Gasteiger partial charge in [-0.2, -0.15) is 9.97 Å². The Hall–Kier alpha value is -2.52. The molecule has 9 heteroatoms. The summed E-state index contributed by atoms with van der Waals surface area (Å²) >= 11 is 5.50. The van der Waals surface area contributed by atoms with Crippen LogP contribution < -0.4 is 20.4 Å². The molecule has 2 N–H and O–H groups in total. The molecule has 178 valence electrons. The van der Waals surface area contributed by atoms with Crippen molar-refractivity contribution in [1.82, 2.24) is 15.3 Å². The minimum atomic E-state index is -0.208. The molecule has 1 aromatic heterocycles. The van der Waals surface area contributed by atoms with Gasteiger partial charge in [-0.15, -0.1) is 0 Å². The first-order valence-electron chi connectivity index (χ1n) is 11.8. The average molecular weight is 473 g/mol. The third-order valence-corrected chi connectivity index (χ3v) is 6.33. The zero-order valence-corrected chi connectivity index (χ0v) is 20.0. The van der Waals surface area contributed by atoms with Gasteiger partial charge in [0.1, 0.15) is 17.5 Å². The maximum Gasteiger partial charge on any atom is 0.232 e. The summed E-state index contributed by atoms with van der Waals surface area (Å²) in [5.41, 5.74) is 1.11. The van der Waals surface area contributed by atoms with Gasteiger partial charge in [0.2, 0.25) is 5.95 Å². The van der Waals surface area contributed by atoms with Crippen LogP contribution in [0.2, 0.25) is 0 Å². The van der Waals surface area contributed by atoms with Crippen molar-refractivity contribution in [3.05, 3.63) is 41.7 Å². The van der Waals surface area contributed by atoms with Crippen LogP contribution in [0.5, 0.6) is 0 Å². The normalized spacial score (nSPS) is 18.8. The molecule has 0 amide bonds. The Bertz CT molecular complexity index is 922. The van der Waals surface area contributed by atoms with E-state index >= 15 is 0 Å². The second-order valence-corrected chi connectivity index (χ2v) is 9.22. The summed E-state index contributed by atoms with van der Waals surface area (Å²) in [5, 5.41) is 6.92. The number of piperidine rings is 1. The number of hydrogen-bond donors (Lipinski definition) is 2. The van der Waals surface area contributed by atoms with Crippen LogP contribution >= 0.6 is 12.2 Å². The van der Waals surface area contributed by atoms with Crippen molar-refractivity contribution < 1.29 is 9.13 Å². The van der Waals surface area contributed by atoms with Crippen LogP contribution in [-0.4, -0.2) is 61.0 Å². The molecule has 2 aromatic rings. The van der Waals surface area contributed by atoms with E-state index in [-0.39, 0.29) is 5.82 Å². The van der Waals surface area contributed by atoms with Gasteiger partial charge < -0.3 is 25.2 Å². The summed E-state index contributed by atoms with van der Waals surface area (Å²) in [4.78, 5) is 14.1. The summed E-state index contributed by atoms with van der Waals surface area (Å²) in [5.74, 6) is 2.81. The smallest absolute Gasteiger partial charge is 0.232 e. The van der Waals surface area contributed by atoms with Crippen LogP contribution in [0.1, 0.15) is 31.7 Å². The van der Waals surface area contributed by atoms with E-state index in [2.05, 4.69) is 33.4 Å². The zero-order valence-electron chi connectivity index (χ0n) is 19.2. The first kappa shape index (κ1) is 23.6. The summed E-state index contributed by atoms with van der Waals surface area (Å²) in [6.45, 7) is 8.06. The van der Waals surface area contributed by atoms with Crippen molar-refractivity contribution in [2.45, 2.75) is 32.6 Å². The predicted octanol–water partition coefficient (Wildman–Crippen LogP) is 3.61. The molecule has 1 atom stereocenters. The van der Waals surface area contributed by atoms with Crippen molar-refractivity contribution in [2.24, 2.45) is 5.92 Å². The molecule has 2 aliphatic rings. The highest BCUT2D eigenvalue weighted by Gasteiger charge is 2.21. The molecule has 1 aromatic carbocycles. The van der Waals surface area contributed by atoms with Crippen molar-refractivity contribution in [1.29, 1.82) is 0 Å². The van der Waals surface area contributed by atoms with Crippen molar-refractivity contribution in [2.75, 3.05) is 61.1 Å². The van der Waals surface area contributed by atoms with E-state index < -0.39 is 0 Å². The fraction of sp³-hybridized carbons (Fsp3) is 0.542. The molecule has 0 saturated carbocycles. The van der Waals surface area contributed by atoms with E-state index in [1.807, 2.05) is 12.1 Å². The molecule has 3 heterocycles. The number of ether oxygens (including phenoxy) is 1. The summed E-state index contributed by atoms with van der Waals surface area (Å²) in [7, 11) is 0. The largest absolute Gasteiger partial charge is 0.378 e. The number of morpholine rings is 1. The summed E-state index contributed by atoms with van der Waals surface area (Å²) < 4.78 is 18.5. The highest BCUT2D eigenvalue weighted by Crippen LogP contribution is 2.26. The molecule has 2 aliphatic heterocycles. The van der Waals surface area contributed by atoms with Gasteiger partial charge in [-0.3, -0.25) is 0 Å². The van der Waals surface area contributed by atoms with Crippen LogP contribution in [0.25, 0.3) is 0 Å². The minimum absolute atomic E-state index is 0.208. The topological polar surface area (TPSA) is 65.6 Å². The zero-order chi connectivity index (χ0) is 23.0. The maximum absolute atomic E-state index is 13.0. The Balaban J connectivity index is 1.37. The highest BCUT2D eigenvalue weighted by molar-refractivity contribution is 7.80. The third kappa shape index (κ3) is 6.98. The molecular weight excluding hydrogens is 439 g/mol. The number of benzene rings is 1. The Morgan fingerprint density at radius 1 is 1.12 bits per heavy atom. The molecule has 4 rings (SSSR count). The quantitative estimate of drug-likeness (QED) is 0.468. The number of rotatable bonds is 7. The van der Waals surface area contributed by atoms with Crippen molar-refractivity contribution >= 4 is 34.9 Å². The SMILES string of the molecule is CC1CCCN(c2cc(N3CCOCC3)nc(NC(=S)NCCCc3ccc(F)cc3)n2)C1. The van der Waals surface area contributed by atoms with Crippen LogP contribution in [-0.2, 0) is 11.2 Å². The van der Waals surface area contributed by atoms with E-state index in [1.165, 1.54) is 25.0 Å². The van der Waals surface area contributed by atoms with Crippen LogP contribution in [0.3, 0.4) is 0 Å². The van der Waals surface area contributed by atoms with Gasteiger partial charge in [-0.25, -0.2) is 4.39 Å². The minimum Gasteiger partial charge on any atom is -0.378 e. The number of thiocarbonyl (C=S) groups is 1. The van der Waals surface area contributed by atoms with Gasteiger partial charge in [0.05, 0.1) is 13.2 Å². The third-order valence-electron chi connectivity index (χ3n) is 6.08. The number of anilines is 3. The highest BCUT2D eigenvalue weighted by atomic mass is 32.1. The Morgan fingerprint density at radius 3 is 2.58 bits per heavy atom. The molecule has 2 saturated heterocycles. The number of nitrogens with one attached hydrogen (secondary N) is 2. The van der Waals surface area contributed by atoms with E-state index in [9.17, 15) is 4.39 Å². The van der Waals surface area contributed by atoms with Gasteiger partial charge in [0.25, 0.3) is 0 Å². The van der Waals surface area contributed by atoms with Crippen molar-refractivity contribution in [3.63, 3.8) is 0 Å². The number of hydrogen-bond acceptors (Lipinski definition) is 6. The lowest BCUT2D eigenvalue weighted by Crippen LogP contribution is -2.38. The lowest BCUT2D eigenvalue weighted by atomic mass is 10.0. The summed E-state index contributed by atoms with van der Waals surface area (Å²) in [6, 6.07) is 8.72. The Labute approximate surface area is 200 Å². The lowest BCUT2D eigenvalue weighted by Gasteiger charge is -2.33. The molecule has 0 bridgehead atoms. The first-order chi connectivity index (χ1) is 16.1. The molecule has 0 radical (unpaired) electrons. The molecule has 0 spiro atoms. The molecule has 0 aliphatic carbocycles. The van der Waals surface area contributed by atoms with E-state index in [1.54, 1.807) is 0 Å².